The van der Waals surface area contributed by atoms with Crippen LogP contribution in [-0.4, -0.2) is 35.0 Å². The van der Waals surface area contributed by atoms with Crippen molar-refractivity contribution in [1.29, 1.82) is 0 Å². The number of amides is 1. The molecule has 1 saturated heterocycles. The van der Waals surface area contributed by atoms with Crippen LogP contribution in [0, 0.1) is 15.3 Å². The Balaban J connectivity index is 1.99. The number of rotatable bonds is 3. The van der Waals surface area contributed by atoms with Crippen LogP contribution in [0.1, 0.15) is 16.8 Å². The van der Waals surface area contributed by atoms with Gasteiger partial charge in [0.05, 0.1) is 12.0 Å². The lowest BCUT2D eigenvalue weighted by molar-refractivity contribution is -0.139. The van der Waals surface area contributed by atoms with Crippen LogP contribution in [0.15, 0.2) is 18.2 Å². The Bertz CT molecular complexity index is 500. The van der Waals surface area contributed by atoms with Crippen LogP contribution in [0.3, 0.4) is 0 Å². The van der Waals surface area contributed by atoms with E-state index in [9.17, 15) is 14.0 Å². The minimum Gasteiger partial charge on any atom is -0.481 e. The Morgan fingerprint density at radius 2 is 2.11 bits per heavy atom. The van der Waals surface area contributed by atoms with E-state index in [0.29, 0.717) is 22.2 Å². The molecule has 1 fully saturated rings. The minimum atomic E-state index is -0.844. The van der Waals surface area contributed by atoms with Crippen LogP contribution in [0.4, 0.5) is 4.39 Å². The van der Waals surface area contributed by atoms with Crippen molar-refractivity contribution in [1.82, 2.24) is 4.90 Å². The second-order valence-electron chi connectivity index (χ2n) is 4.30. The molecule has 1 aromatic rings. The number of aliphatic carboxylic acids is 1. The summed E-state index contributed by atoms with van der Waals surface area (Å²) >= 11 is 1.92. The summed E-state index contributed by atoms with van der Waals surface area (Å²) in [6, 6.07) is 4.02. The molecule has 1 aliphatic rings. The Morgan fingerprint density at radius 3 is 2.67 bits per heavy atom. The average molecular weight is 363 g/mol. The van der Waals surface area contributed by atoms with Crippen LogP contribution in [0.5, 0.6) is 0 Å². The molecule has 6 heteroatoms. The highest BCUT2D eigenvalue weighted by Gasteiger charge is 2.33. The molecule has 18 heavy (non-hydrogen) atoms. The Hall–Kier alpha value is -1.18. The molecule has 1 aliphatic heterocycles. The van der Waals surface area contributed by atoms with Crippen LogP contribution in [-0.2, 0) is 4.79 Å². The second-order valence-corrected chi connectivity index (χ2v) is 5.46. The molecule has 0 saturated carbocycles. The number of likely N-dealkylation sites (tertiary alicyclic amines) is 1. The van der Waals surface area contributed by atoms with Crippen molar-refractivity contribution in [3.63, 3.8) is 0 Å². The van der Waals surface area contributed by atoms with E-state index in [1.807, 2.05) is 22.6 Å². The molecule has 96 valence electrons. The average Bonchev–Trinajstić information content (AvgIpc) is 2.21. The highest BCUT2D eigenvalue weighted by atomic mass is 127. The van der Waals surface area contributed by atoms with E-state index in [1.165, 1.54) is 18.2 Å². The van der Waals surface area contributed by atoms with E-state index in [1.54, 1.807) is 4.90 Å². The van der Waals surface area contributed by atoms with Gasteiger partial charge < -0.3 is 10.0 Å². The molecule has 0 aromatic heterocycles. The minimum absolute atomic E-state index is 0.0320. The van der Waals surface area contributed by atoms with Crippen LogP contribution in [0.2, 0.25) is 0 Å². The van der Waals surface area contributed by atoms with E-state index >= 15 is 0 Å². The zero-order chi connectivity index (χ0) is 13.3. The van der Waals surface area contributed by atoms with Gasteiger partial charge in [-0.2, -0.15) is 0 Å². The highest BCUT2D eigenvalue weighted by Crippen LogP contribution is 2.23. The fraction of sp³-hybridized carbons (Fsp3) is 0.333. The van der Waals surface area contributed by atoms with Crippen LogP contribution < -0.4 is 0 Å². The summed E-state index contributed by atoms with van der Waals surface area (Å²) < 4.78 is 13.5. The summed E-state index contributed by atoms with van der Waals surface area (Å²) in [6.45, 7) is 0.914. The molecule has 0 spiro atoms. The molecule has 1 N–H and O–H groups in total. The first-order valence-corrected chi connectivity index (χ1v) is 6.51. The zero-order valence-electron chi connectivity index (χ0n) is 9.40. The molecule has 0 aliphatic carbocycles. The molecule has 1 heterocycles. The topological polar surface area (TPSA) is 57.6 Å². The number of carbonyl (C=O) groups is 2. The van der Waals surface area contributed by atoms with Crippen molar-refractivity contribution >= 4 is 34.5 Å². The standard InChI is InChI=1S/C12H11FINO3/c13-8-1-2-9(10(14)4-8)12(18)15-5-7(6-15)3-11(16)17/h1-2,4,7H,3,5-6H2,(H,16,17). The summed E-state index contributed by atoms with van der Waals surface area (Å²) in [5, 5.41) is 8.62. The molecular formula is C12H11FINO3. The SMILES string of the molecule is O=C(O)CC1CN(C(=O)c2ccc(F)cc2I)C1. The van der Waals surface area contributed by atoms with Crippen molar-refractivity contribution < 1.29 is 19.1 Å². The van der Waals surface area contributed by atoms with E-state index in [2.05, 4.69) is 0 Å². The maximum Gasteiger partial charge on any atom is 0.303 e. The first-order valence-electron chi connectivity index (χ1n) is 5.43. The van der Waals surface area contributed by atoms with Gasteiger partial charge in [-0.1, -0.05) is 0 Å². The van der Waals surface area contributed by atoms with E-state index < -0.39 is 5.97 Å². The van der Waals surface area contributed by atoms with Gasteiger partial charge in [0, 0.05) is 22.6 Å². The quantitative estimate of drug-likeness (QED) is 0.836. The lowest BCUT2D eigenvalue weighted by Gasteiger charge is -2.38. The van der Waals surface area contributed by atoms with Crippen molar-refractivity contribution in [2.75, 3.05) is 13.1 Å². The molecule has 0 radical (unpaired) electrons. The number of nitrogens with zero attached hydrogens (tertiary/aromatic N) is 1. The van der Waals surface area contributed by atoms with E-state index in [-0.39, 0.29) is 24.1 Å². The lowest BCUT2D eigenvalue weighted by atomic mass is 9.95. The number of carboxylic acids is 1. The van der Waals surface area contributed by atoms with Gasteiger partial charge in [-0.25, -0.2) is 4.39 Å². The predicted molar refractivity (Wildman–Crippen MR) is 70.8 cm³/mol. The Morgan fingerprint density at radius 1 is 1.44 bits per heavy atom. The fourth-order valence-corrected chi connectivity index (χ4v) is 2.65. The van der Waals surface area contributed by atoms with E-state index in [4.69, 9.17) is 5.11 Å². The summed E-state index contributed by atoms with van der Waals surface area (Å²) in [7, 11) is 0. The van der Waals surface area contributed by atoms with Crippen molar-refractivity contribution in [3.8, 4) is 0 Å². The summed E-state index contributed by atoms with van der Waals surface area (Å²) in [5.41, 5.74) is 0.464. The highest BCUT2D eigenvalue weighted by molar-refractivity contribution is 14.1. The maximum atomic E-state index is 12.9. The second kappa shape index (κ2) is 5.21. The zero-order valence-corrected chi connectivity index (χ0v) is 11.6. The van der Waals surface area contributed by atoms with Crippen molar-refractivity contribution in [2.45, 2.75) is 6.42 Å². The Labute approximate surface area is 117 Å². The molecule has 1 amide bonds. The third kappa shape index (κ3) is 2.80. The lowest BCUT2D eigenvalue weighted by Crippen LogP contribution is -2.50. The van der Waals surface area contributed by atoms with Gasteiger partial charge in [0.25, 0.3) is 5.91 Å². The number of hydrogen-bond donors (Lipinski definition) is 1. The van der Waals surface area contributed by atoms with Crippen LogP contribution >= 0.6 is 22.6 Å². The molecule has 2 rings (SSSR count). The molecule has 1 aromatic carbocycles. The van der Waals surface area contributed by atoms with Gasteiger partial charge in [-0.15, -0.1) is 0 Å². The monoisotopic (exact) mass is 363 g/mol. The first-order chi connectivity index (χ1) is 8.47. The number of carboxylic acid groups (broad SMARTS) is 1. The van der Waals surface area contributed by atoms with Gasteiger partial charge in [-0.05, 0) is 40.8 Å². The van der Waals surface area contributed by atoms with Gasteiger partial charge in [0.2, 0.25) is 0 Å². The first kappa shape index (κ1) is 13.3. The van der Waals surface area contributed by atoms with Gasteiger partial charge in [0.15, 0.2) is 0 Å². The third-order valence-electron chi connectivity index (χ3n) is 2.87. The summed E-state index contributed by atoms with van der Waals surface area (Å²) in [6.07, 6.45) is 0.0876. The normalized spacial score (nSPS) is 15.3. The smallest absolute Gasteiger partial charge is 0.303 e. The third-order valence-corrected chi connectivity index (χ3v) is 3.76. The van der Waals surface area contributed by atoms with E-state index in [0.717, 1.165) is 0 Å². The predicted octanol–water partition coefficient (Wildman–Crippen LogP) is 1.98. The molecule has 0 bridgehead atoms. The van der Waals surface area contributed by atoms with Gasteiger partial charge in [0.1, 0.15) is 5.82 Å². The number of benzene rings is 1. The summed E-state index contributed by atoms with van der Waals surface area (Å²) in [5.74, 6) is -1.35. The molecule has 0 atom stereocenters. The van der Waals surface area contributed by atoms with Gasteiger partial charge in [-0.3, -0.25) is 9.59 Å². The Kier molecular flexibility index (Phi) is 3.84. The number of carbonyl (C=O) groups excluding carboxylic acids is 1. The molecule has 0 unspecified atom stereocenters. The van der Waals surface area contributed by atoms with Crippen molar-refractivity contribution in [3.05, 3.63) is 33.1 Å². The molecular weight excluding hydrogens is 352 g/mol. The largest absolute Gasteiger partial charge is 0.481 e. The number of halogens is 2. The van der Waals surface area contributed by atoms with Crippen LogP contribution in [0.25, 0.3) is 0 Å². The fourth-order valence-electron chi connectivity index (χ4n) is 1.95. The number of hydrogen-bond acceptors (Lipinski definition) is 2. The van der Waals surface area contributed by atoms with Gasteiger partial charge >= 0.3 is 5.97 Å². The molecule has 4 nitrogen and oxygen atoms in total. The summed E-state index contributed by atoms with van der Waals surface area (Å²) in [4.78, 5) is 24.1. The maximum absolute atomic E-state index is 12.9. The van der Waals surface area contributed by atoms with Crippen molar-refractivity contribution in [2.24, 2.45) is 5.92 Å².